The third-order valence-corrected chi connectivity index (χ3v) is 3.29. The van der Waals surface area contributed by atoms with Crippen LogP contribution in [0.25, 0.3) is 0 Å². The van der Waals surface area contributed by atoms with Gasteiger partial charge in [0.15, 0.2) is 0 Å². The van der Waals surface area contributed by atoms with Crippen molar-refractivity contribution in [3.05, 3.63) is 69.2 Å². The minimum atomic E-state index is -1.17. The van der Waals surface area contributed by atoms with E-state index in [4.69, 9.17) is 0 Å². The molecule has 2 aromatic carbocycles. The first-order chi connectivity index (χ1) is 8.49. The van der Waals surface area contributed by atoms with E-state index in [2.05, 4.69) is 15.9 Å². The molecule has 1 N–H and O–H groups in total. The zero-order valence-electron chi connectivity index (χ0n) is 9.62. The van der Waals surface area contributed by atoms with Crippen LogP contribution in [-0.2, 0) is 0 Å². The summed E-state index contributed by atoms with van der Waals surface area (Å²) in [5.41, 5.74) is 1.22. The molecule has 94 valence electrons. The summed E-state index contributed by atoms with van der Waals surface area (Å²) in [7, 11) is 0. The lowest BCUT2D eigenvalue weighted by Gasteiger charge is -2.15. The smallest absolute Gasteiger partial charge is 0.130 e. The number of aliphatic hydroxyl groups is 1. The Kier molecular flexibility index (Phi) is 3.78. The van der Waals surface area contributed by atoms with Crippen molar-refractivity contribution in [2.24, 2.45) is 0 Å². The zero-order chi connectivity index (χ0) is 13.3. The van der Waals surface area contributed by atoms with E-state index in [1.165, 1.54) is 24.3 Å². The Balaban J connectivity index is 2.47. The molecule has 0 aliphatic rings. The van der Waals surface area contributed by atoms with Crippen LogP contribution in [0.4, 0.5) is 8.78 Å². The topological polar surface area (TPSA) is 20.2 Å². The molecule has 18 heavy (non-hydrogen) atoms. The predicted molar refractivity (Wildman–Crippen MR) is 69.3 cm³/mol. The largest absolute Gasteiger partial charge is 0.384 e. The second-order valence-corrected chi connectivity index (χ2v) is 4.98. The number of aliphatic hydroxyl groups excluding tert-OH is 1. The summed E-state index contributed by atoms with van der Waals surface area (Å²) < 4.78 is 27.5. The van der Waals surface area contributed by atoms with E-state index in [9.17, 15) is 13.9 Å². The summed E-state index contributed by atoms with van der Waals surface area (Å²) >= 11 is 3.15. The van der Waals surface area contributed by atoms with Crippen LogP contribution < -0.4 is 0 Å². The predicted octanol–water partition coefficient (Wildman–Crippen LogP) is 4.12. The summed E-state index contributed by atoms with van der Waals surface area (Å²) in [5.74, 6) is -0.979. The monoisotopic (exact) mass is 312 g/mol. The minimum absolute atomic E-state index is 0.131. The summed E-state index contributed by atoms with van der Waals surface area (Å²) in [6.07, 6.45) is -1.17. The molecule has 0 saturated heterocycles. The second kappa shape index (κ2) is 5.16. The first-order valence-corrected chi connectivity index (χ1v) is 6.17. The van der Waals surface area contributed by atoms with E-state index >= 15 is 0 Å². The Morgan fingerprint density at radius 1 is 1.06 bits per heavy atom. The van der Waals surface area contributed by atoms with Crippen molar-refractivity contribution in [3.8, 4) is 0 Å². The fourth-order valence-electron chi connectivity index (χ4n) is 1.80. The van der Waals surface area contributed by atoms with Crippen LogP contribution in [0.15, 0.2) is 40.9 Å². The lowest BCUT2D eigenvalue weighted by molar-refractivity contribution is 0.213. The number of hydrogen-bond acceptors (Lipinski definition) is 1. The summed E-state index contributed by atoms with van der Waals surface area (Å²) in [5, 5.41) is 10.1. The number of hydrogen-bond donors (Lipinski definition) is 1. The van der Waals surface area contributed by atoms with E-state index in [1.807, 2.05) is 0 Å². The first kappa shape index (κ1) is 13.2. The van der Waals surface area contributed by atoms with E-state index in [0.29, 0.717) is 15.6 Å². The number of rotatable bonds is 2. The molecular weight excluding hydrogens is 302 g/mol. The van der Waals surface area contributed by atoms with Crippen LogP contribution in [0, 0.1) is 18.6 Å². The molecule has 2 rings (SSSR count). The Bertz CT molecular complexity index is 584. The van der Waals surface area contributed by atoms with Gasteiger partial charge >= 0.3 is 0 Å². The van der Waals surface area contributed by atoms with Gasteiger partial charge in [0, 0.05) is 10.0 Å². The molecule has 0 amide bonds. The maximum absolute atomic E-state index is 13.7. The van der Waals surface area contributed by atoms with Gasteiger partial charge in [0.25, 0.3) is 0 Å². The molecule has 1 unspecified atom stereocenters. The van der Waals surface area contributed by atoms with Crippen LogP contribution in [-0.4, -0.2) is 5.11 Å². The van der Waals surface area contributed by atoms with Crippen molar-refractivity contribution in [3.63, 3.8) is 0 Å². The summed E-state index contributed by atoms with van der Waals surface area (Å²) in [4.78, 5) is 0. The lowest BCUT2D eigenvalue weighted by atomic mass is 9.97. The molecule has 0 saturated carbocycles. The van der Waals surface area contributed by atoms with Crippen molar-refractivity contribution in [2.45, 2.75) is 13.0 Å². The Labute approximate surface area is 112 Å². The molecule has 0 fully saturated rings. The van der Waals surface area contributed by atoms with E-state index in [0.717, 1.165) is 0 Å². The molecular formula is C14H11BrF2O. The molecule has 0 spiro atoms. The van der Waals surface area contributed by atoms with Crippen molar-refractivity contribution in [1.29, 1.82) is 0 Å². The molecule has 4 heteroatoms. The molecule has 2 aromatic rings. The van der Waals surface area contributed by atoms with Crippen LogP contribution >= 0.6 is 15.9 Å². The zero-order valence-corrected chi connectivity index (χ0v) is 11.2. The number of halogens is 3. The quantitative estimate of drug-likeness (QED) is 0.884. The molecule has 0 radical (unpaired) electrons. The normalized spacial score (nSPS) is 12.5. The summed E-state index contributed by atoms with van der Waals surface area (Å²) in [6, 6.07) is 8.48. The molecule has 1 nitrogen and oxygen atoms in total. The second-order valence-electron chi connectivity index (χ2n) is 4.07. The molecule has 0 aliphatic heterocycles. The maximum Gasteiger partial charge on any atom is 0.130 e. The molecule has 0 bridgehead atoms. The third-order valence-electron chi connectivity index (χ3n) is 2.79. The van der Waals surface area contributed by atoms with E-state index < -0.39 is 17.7 Å². The molecule has 0 heterocycles. The van der Waals surface area contributed by atoms with Crippen molar-refractivity contribution in [2.75, 3.05) is 0 Å². The van der Waals surface area contributed by atoms with Crippen molar-refractivity contribution >= 4 is 15.9 Å². The Hall–Kier alpha value is -1.26. The van der Waals surface area contributed by atoms with Gasteiger partial charge in [0.2, 0.25) is 0 Å². The molecule has 1 atom stereocenters. The molecule has 0 aromatic heterocycles. The highest BCUT2D eigenvalue weighted by atomic mass is 79.9. The third kappa shape index (κ3) is 2.60. The fraction of sp³-hybridized carbons (Fsp3) is 0.143. The van der Waals surface area contributed by atoms with Gasteiger partial charge in [0.05, 0.1) is 0 Å². The highest BCUT2D eigenvalue weighted by molar-refractivity contribution is 9.10. The van der Waals surface area contributed by atoms with Crippen LogP contribution in [0.2, 0.25) is 0 Å². The Morgan fingerprint density at radius 2 is 1.78 bits per heavy atom. The molecule has 0 aliphatic carbocycles. The van der Waals surface area contributed by atoms with Gasteiger partial charge in [-0.15, -0.1) is 0 Å². The highest BCUT2D eigenvalue weighted by Gasteiger charge is 2.17. The standard InChI is InChI=1S/C14H11BrF2O/c1-8-2-4-10(16)7-12(8)14(18)11-5-3-9(15)6-13(11)17/h2-7,14,18H,1H3. The number of aryl methyl sites for hydroxylation is 1. The summed E-state index contributed by atoms with van der Waals surface area (Å²) in [6.45, 7) is 1.74. The van der Waals surface area contributed by atoms with Gasteiger partial charge in [-0.2, -0.15) is 0 Å². The van der Waals surface area contributed by atoms with Gasteiger partial charge in [-0.1, -0.05) is 28.1 Å². The van der Waals surface area contributed by atoms with Crippen LogP contribution in [0.5, 0.6) is 0 Å². The number of benzene rings is 2. The SMILES string of the molecule is Cc1ccc(F)cc1C(O)c1ccc(Br)cc1F. The van der Waals surface area contributed by atoms with Gasteiger partial charge < -0.3 is 5.11 Å². The average Bonchev–Trinajstić information content (AvgIpc) is 2.31. The minimum Gasteiger partial charge on any atom is -0.384 e. The van der Waals surface area contributed by atoms with Gasteiger partial charge in [-0.05, 0) is 42.3 Å². The van der Waals surface area contributed by atoms with Gasteiger partial charge in [-0.3, -0.25) is 0 Å². The highest BCUT2D eigenvalue weighted by Crippen LogP contribution is 2.28. The van der Waals surface area contributed by atoms with Gasteiger partial charge in [-0.25, -0.2) is 8.78 Å². The lowest BCUT2D eigenvalue weighted by Crippen LogP contribution is -2.05. The van der Waals surface area contributed by atoms with Gasteiger partial charge in [0.1, 0.15) is 17.7 Å². The van der Waals surface area contributed by atoms with Crippen molar-refractivity contribution < 1.29 is 13.9 Å². The van der Waals surface area contributed by atoms with Crippen LogP contribution in [0.3, 0.4) is 0 Å². The average molecular weight is 313 g/mol. The fourth-order valence-corrected chi connectivity index (χ4v) is 2.13. The van der Waals surface area contributed by atoms with E-state index in [1.54, 1.807) is 19.1 Å². The Morgan fingerprint density at radius 3 is 2.44 bits per heavy atom. The maximum atomic E-state index is 13.7. The van der Waals surface area contributed by atoms with Crippen LogP contribution in [0.1, 0.15) is 22.8 Å². The van der Waals surface area contributed by atoms with E-state index in [-0.39, 0.29) is 5.56 Å². The van der Waals surface area contributed by atoms with Crippen molar-refractivity contribution in [1.82, 2.24) is 0 Å². The first-order valence-electron chi connectivity index (χ1n) is 5.38.